The lowest BCUT2D eigenvalue weighted by atomic mass is 10.1. The van der Waals surface area contributed by atoms with Crippen LogP contribution in [0, 0.1) is 19.3 Å². The lowest BCUT2D eigenvalue weighted by Gasteiger charge is -2.15. The number of urea groups is 1. The molecular formula is C14H17BrN2O3. The standard InChI is InChI=1S/C14H17BrN2O3/c1-8-5-10(15)6-9(2)11(8)17-13(20)16-7-14(3-4-14)12(18)19/h5-6H,3-4,7H2,1-2H3,(H,18,19)(H2,16,17,20). The molecule has 5 nitrogen and oxygen atoms in total. The van der Waals surface area contributed by atoms with Crippen molar-refractivity contribution in [1.29, 1.82) is 0 Å². The molecule has 1 aromatic rings. The molecule has 2 amide bonds. The Bertz CT molecular complexity index is 545. The van der Waals surface area contributed by atoms with Crippen molar-refractivity contribution in [2.45, 2.75) is 26.7 Å². The molecule has 1 aromatic carbocycles. The first-order valence-electron chi connectivity index (χ1n) is 6.39. The van der Waals surface area contributed by atoms with Crippen LogP contribution < -0.4 is 10.6 Å². The lowest BCUT2D eigenvalue weighted by Crippen LogP contribution is -2.37. The Morgan fingerprint density at radius 1 is 1.30 bits per heavy atom. The molecule has 0 saturated heterocycles. The molecule has 0 heterocycles. The molecule has 0 bridgehead atoms. The third kappa shape index (κ3) is 3.12. The van der Waals surface area contributed by atoms with Crippen LogP contribution in [0.3, 0.4) is 0 Å². The fraction of sp³-hybridized carbons (Fsp3) is 0.429. The molecule has 108 valence electrons. The Morgan fingerprint density at radius 2 is 1.85 bits per heavy atom. The summed E-state index contributed by atoms with van der Waals surface area (Å²) in [7, 11) is 0. The van der Waals surface area contributed by atoms with Gasteiger partial charge in [-0.3, -0.25) is 4.79 Å². The summed E-state index contributed by atoms with van der Waals surface area (Å²) >= 11 is 3.40. The van der Waals surface area contributed by atoms with Crippen molar-refractivity contribution in [1.82, 2.24) is 5.32 Å². The quantitative estimate of drug-likeness (QED) is 0.788. The van der Waals surface area contributed by atoms with Gasteiger partial charge in [0.2, 0.25) is 0 Å². The van der Waals surface area contributed by atoms with Crippen LogP contribution in [-0.2, 0) is 4.79 Å². The molecule has 3 N–H and O–H groups in total. The third-order valence-corrected chi connectivity index (χ3v) is 4.09. The highest BCUT2D eigenvalue weighted by Gasteiger charge is 2.50. The Balaban J connectivity index is 1.97. The molecule has 2 rings (SSSR count). The number of rotatable bonds is 4. The first-order chi connectivity index (χ1) is 9.34. The van der Waals surface area contributed by atoms with E-state index in [-0.39, 0.29) is 12.6 Å². The van der Waals surface area contributed by atoms with E-state index in [1.165, 1.54) is 0 Å². The van der Waals surface area contributed by atoms with Crippen molar-refractivity contribution in [3.05, 3.63) is 27.7 Å². The second-order valence-corrected chi connectivity index (χ2v) is 6.22. The number of carboxylic acid groups (broad SMARTS) is 1. The van der Waals surface area contributed by atoms with Gasteiger partial charge in [-0.15, -0.1) is 0 Å². The van der Waals surface area contributed by atoms with Gasteiger partial charge in [-0.25, -0.2) is 4.79 Å². The number of nitrogens with one attached hydrogen (secondary N) is 2. The number of carbonyl (C=O) groups excluding carboxylic acids is 1. The number of carboxylic acids is 1. The van der Waals surface area contributed by atoms with Gasteiger partial charge in [0.05, 0.1) is 5.41 Å². The van der Waals surface area contributed by atoms with E-state index < -0.39 is 11.4 Å². The monoisotopic (exact) mass is 340 g/mol. The topological polar surface area (TPSA) is 78.4 Å². The van der Waals surface area contributed by atoms with Crippen LogP contribution in [0.2, 0.25) is 0 Å². The number of aliphatic carboxylic acids is 1. The molecule has 1 aliphatic rings. The average Bonchev–Trinajstić information content (AvgIpc) is 3.12. The molecule has 0 aliphatic heterocycles. The summed E-state index contributed by atoms with van der Waals surface area (Å²) in [5.41, 5.74) is 1.91. The number of carbonyl (C=O) groups is 2. The Hall–Kier alpha value is -1.56. The summed E-state index contributed by atoms with van der Waals surface area (Å²) in [4.78, 5) is 22.9. The van der Waals surface area contributed by atoms with Crippen molar-refractivity contribution in [2.75, 3.05) is 11.9 Å². The summed E-state index contributed by atoms with van der Waals surface area (Å²) in [6.45, 7) is 3.99. The fourth-order valence-corrected chi connectivity index (χ4v) is 2.82. The first-order valence-corrected chi connectivity index (χ1v) is 7.18. The Morgan fingerprint density at radius 3 is 2.30 bits per heavy atom. The van der Waals surface area contributed by atoms with E-state index in [0.29, 0.717) is 12.8 Å². The SMILES string of the molecule is Cc1cc(Br)cc(C)c1NC(=O)NCC1(C(=O)O)CC1. The van der Waals surface area contributed by atoms with E-state index in [4.69, 9.17) is 5.11 Å². The van der Waals surface area contributed by atoms with Gasteiger partial charge in [-0.05, 0) is 49.9 Å². The number of amides is 2. The lowest BCUT2D eigenvalue weighted by molar-refractivity contribution is -0.143. The van der Waals surface area contributed by atoms with Crippen LogP contribution >= 0.6 is 15.9 Å². The van der Waals surface area contributed by atoms with Crippen molar-refractivity contribution >= 4 is 33.6 Å². The zero-order valence-electron chi connectivity index (χ0n) is 11.4. The molecular weight excluding hydrogens is 324 g/mol. The number of anilines is 1. The summed E-state index contributed by atoms with van der Waals surface area (Å²) in [5.74, 6) is -0.839. The van der Waals surface area contributed by atoms with Crippen LogP contribution in [0.4, 0.5) is 10.5 Å². The van der Waals surface area contributed by atoms with E-state index in [1.54, 1.807) is 0 Å². The van der Waals surface area contributed by atoms with E-state index in [2.05, 4.69) is 26.6 Å². The molecule has 1 fully saturated rings. The van der Waals surface area contributed by atoms with Crippen LogP contribution in [0.5, 0.6) is 0 Å². The molecule has 0 unspecified atom stereocenters. The highest BCUT2D eigenvalue weighted by molar-refractivity contribution is 9.10. The van der Waals surface area contributed by atoms with E-state index in [0.717, 1.165) is 21.3 Å². The van der Waals surface area contributed by atoms with Crippen LogP contribution in [0.1, 0.15) is 24.0 Å². The Kier molecular flexibility index (Phi) is 4.04. The summed E-state index contributed by atoms with van der Waals surface area (Å²) in [6.07, 6.45) is 1.25. The predicted molar refractivity (Wildman–Crippen MR) is 79.9 cm³/mol. The van der Waals surface area contributed by atoms with Crippen LogP contribution in [0.15, 0.2) is 16.6 Å². The van der Waals surface area contributed by atoms with E-state index in [1.807, 2.05) is 26.0 Å². The number of benzene rings is 1. The minimum Gasteiger partial charge on any atom is -0.481 e. The minimum absolute atomic E-state index is 0.169. The first kappa shape index (κ1) is 14.8. The third-order valence-electron chi connectivity index (χ3n) is 3.63. The van der Waals surface area contributed by atoms with Crippen molar-refractivity contribution < 1.29 is 14.7 Å². The van der Waals surface area contributed by atoms with Gasteiger partial charge >= 0.3 is 12.0 Å². The van der Waals surface area contributed by atoms with Crippen molar-refractivity contribution in [2.24, 2.45) is 5.41 Å². The number of halogens is 1. The second-order valence-electron chi connectivity index (χ2n) is 5.31. The zero-order valence-corrected chi connectivity index (χ0v) is 13.0. The summed E-state index contributed by atoms with van der Waals surface area (Å²) in [5, 5.41) is 14.5. The smallest absolute Gasteiger partial charge is 0.319 e. The highest BCUT2D eigenvalue weighted by atomic mass is 79.9. The van der Waals surface area contributed by atoms with Crippen LogP contribution in [0.25, 0.3) is 0 Å². The largest absolute Gasteiger partial charge is 0.481 e. The van der Waals surface area contributed by atoms with Crippen LogP contribution in [-0.4, -0.2) is 23.7 Å². The summed E-state index contributed by atoms with van der Waals surface area (Å²) < 4.78 is 0.960. The maximum Gasteiger partial charge on any atom is 0.319 e. The number of hydrogen-bond acceptors (Lipinski definition) is 2. The summed E-state index contributed by atoms with van der Waals surface area (Å²) in [6, 6.07) is 3.47. The number of aryl methyl sites for hydroxylation is 2. The molecule has 0 radical (unpaired) electrons. The minimum atomic E-state index is -0.839. The van der Waals surface area contributed by atoms with Crippen molar-refractivity contribution in [3.8, 4) is 0 Å². The predicted octanol–water partition coefficient (Wildman–Crippen LogP) is 3.05. The van der Waals surface area contributed by atoms with Gasteiger partial charge in [0.25, 0.3) is 0 Å². The van der Waals surface area contributed by atoms with Gasteiger partial charge in [0.1, 0.15) is 0 Å². The maximum atomic E-state index is 11.9. The highest BCUT2D eigenvalue weighted by Crippen LogP contribution is 2.45. The molecule has 1 saturated carbocycles. The van der Waals surface area contributed by atoms with E-state index >= 15 is 0 Å². The fourth-order valence-electron chi connectivity index (χ4n) is 2.13. The van der Waals surface area contributed by atoms with Gasteiger partial charge in [0.15, 0.2) is 0 Å². The zero-order chi connectivity index (χ0) is 14.9. The van der Waals surface area contributed by atoms with Crippen molar-refractivity contribution in [3.63, 3.8) is 0 Å². The van der Waals surface area contributed by atoms with Gasteiger partial charge in [0, 0.05) is 16.7 Å². The van der Waals surface area contributed by atoms with E-state index in [9.17, 15) is 9.59 Å². The normalized spacial score (nSPS) is 15.6. The molecule has 6 heteroatoms. The average molecular weight is 341 g/mol. The second kappa shape index (κ2) is 5.44. The molecule has 0 spiro atoms. The van der Waals surface area contributed by atoms with Gasteiger partial charge in [-0.1, -0.05) is 15.9 Å². The maximum absolute atomic E-state index is 11.9. The molecule has 0 atom stereocenters. The molecule has 20 heavy (non-hydrogen) atoms. The van der Waals surface area contributed by atoms with Gasteiger partial charge < -0.3 is 15.7 Å². The number of hydrogen-bond donors (Lipinski definition) is 3. The van der Waals surface area contributed by atoms with Gasteiger partial charge in [-0.2, -0.15) is 0 Å². The molecule has 0 aromatic heterocycles. The Labute approximate surface area is 125 Å². The molecule has 1 aliphatic carbocycles.